The van der Waals surface area contributed by atoms with Gasteiger partial charge >= 0.3 is 11.9 Å². The molecule has 2 aromatic carbocycles. The number of imidazole rings is 1. The maximum absolute atomic E-state index is 12.4. The Bertz CT molecular complexity index is 994. The number of rotatable bonds is 6. The van der Waals surface area contributed by atoms with E-state index in [9.17, 15) is 19.5 Å². The van der Waals surface area contributed by atoms with Gasteiger partial charge in [-0.3, -0.25) is 9.59 Å². The third-order valence-electron chi connectivity index (χ3n) is 3.91. The van der Waals surface area contributed by atoms with Crippen LogP contribution in [0.15, 0.2) is 48.8 Å². The molecule has 0 bridgehead atoms. The van der Waals surface area contributed by atoms with E-state index in [-0.39, 0.29) is 6.42 Å². The molecule has 0 aliphatic heterocycles. The largest absolute Gasteiger partial charge is 0.480 e. The smallest absolute Gasteiger partial charge is 0.326 e. The van der Waals surface area contributed by atoms with Gasteiger partial charge in [0, 0.05) is 18.9 Å². The van der Waals surface area contributed by atoms with E-state index >= 15 is 0 Å². The molecule has 0 radical (unpaired) electrons. The number of benzene rings is 2. The van der Waals surface area contributed by atoms with E-state index in [0.29, 0.717) is 27.9 Å². The molecule has 0 aliphatic carbocycles. The molecule has 8 heteroatoms. The van der Waals surface area contributed by atoms with E-state index in [1.165, 1.54) is 13.3 Å². The second kappa shape index (κ2) is 7.69. The monoisotopic (exact) mass is 367 g/mol. The van der Waals surface area contributed by atoms with Crippen molar-refractivity contribution in [2.24, 2.45) is 0 Å². The van der Waals surface area contributed by atoms with Crippen LogP contribution in [0.1, 0.15) is 22.8 Å². The van der Waals surface area contributed by atoms with Crippen molar-refractivity contribution >= 4 is 28.9 Å². The van der Waals surface area contributed by atoms with E-state index in [2.05, 4.69) is 15.3 Å². The average Bonchev–Trinajstić information content (AvgIpc) is 3.09. The summed E-state index contributed by atoms with van der Waals surface area (Å²) >= 11 is 0. The summed E-state index contributed by atoms with van der Waals surface area (Å²) in [5, 5.41) is 12.0. The lowest BCUT2D eigenvalue weighted by atomic mass is 10.0. The zero-order valence-corrected chi connectivity index (χ0v) is 14.4. The number of H-pyrrole nitrogens is 1. The number of carboxylic acids is 1. The summed E-state index contributed by atoms with van der Waals surface area (Å²) in [7, 11) is 0. The number of aliphatic carboxylic acids is 1. The van der Waals surface area contributed by atoms with Gasteiger partial charge in [0.15, 0.2) is 0 Å². The number of hydrogen-bond acceptors (Lipinski definition) is 5. The molecule has 1 aromatic heterocycles. The summed E-state index contributed by atoms with van der Waals surface area (Å²) in [5.74, 6) is -1.70. The molecule has 0 aliphatic rings. The van der Waals surface area contributed by atoms with Gasteiger partial charge in [0.1, 0.15) is 11.8 Å². The van der Waals surface area contributed by atoms with Gasteiger partial charge in [-0.05, 0) is 35.9 Å². The van der Waals surface area contributed by atoms with Gasteiger partial charge in [0.25, 0.3) is 5.91 Å². The molecule has 0 saturated heterocycles. The fraction of sp³-hybridized carbons (Fsp3) is 0.158. The lowest BCUT2D eigenvalue weighted by molar-refractivity contribution is -0.139. The Hall–Kier alpha value is -3.68. The van der Waals surface area contributed by atoms with Crippen LogP contribution in [0, 0.1) is 0 Å². The average molecular weight is 367 g/mol. The molecule has 0 saturated carbocycles. The number of aromatic amines is 1. The van der Waals surface area contributed by atoms with Crippen LogP contribution in [-0.2, 0) is 16.0 Å². The van der Waals surface area contributed by atoms with Crippen LogP contribution >= 0.6 is 0 Å². The highest BCUT2D eigenvalue weighted by Crippen LogP contribution is 2.15. The molecule has 0 unspecified atom stereocenters. The SMILES string of the molecule is CC(=O)Oc1ccc(C[C@H](NC(=O)c2ccc3nc[nH]c3c2)C(=O)O)cc1. The second-order valence-electron chi connectivity index (χ2n) is 5.94. The Balaban J connectivity index is 1.70. The van der Waals surface area contributed by atoms with Crippen molar-refractivity contribution in [1.82, 2.24) is 15.3 Å². The molecule has 3 aromatic rings. The topological polar surface area (TPSA) is 121 Å². The molecule has 1 heterocycles. The van der Waals surface area contributed by atoms with Gasteiger partial charge in [-0.15, -0.1) is 0 Å². The first-order valence-corrected chi connectivity index (χ1v) is 8.16. The molecule has 0 spiro atoms. The number of carbonyl (C=O) groups is 3. The van der Waals surface area contributed by atoms with Crippen molar-refractivity contribution in [3.8, 4) is 5.75 Å². The lowest BCUT2D eigenvalue weighted by Crippen LogP contribution is -2.42. The van der Waals surface area contributed by atoms with Gasteiger partial charge < -0.3 is 20.1 Å². The van der Waals surface area contributed by atoms with Crippen LogP contribution in [0.4, 0.5) is 0 Å². The Kier molecular flexibility index (Phi) is 5.16. The zero-order valence-electron chi connectivity index (χ0n) is 14.4. The number of carbonyl (C=O) groups excluding carboxylic acids is 2. The molecule has 0 fully saturated rings. The van der Waals surface area contributed by atoms with E-state index in [4.69, 9.17) is 4.74 Å². The van der Waals surface area contributed by atoms with Crippen LogP contribution in [-0.4, -0.2) is 39.0 Å². The summed E-state index contributed by atoms with van der Waals surface area (Å²) in [6.45, 7) is 1.30. The third kappa shape index (κ3) is 4.49. The maximum atomic E-state index is 12.4. The molecule has 27 heavy (non-hydrogen) atoms. The Morgan fingerprint density at radius 2 is 1.93 bits per heavy atom. The predicted octanol–water partition coefficient (Wildman–Crippen LogP) is 1.91. The van der Waals surface area contributed by atoms with Crippen molar-refractivity contribution in [2.75, 3.05) is 0 Å². The standard InChI is InChI=1S/C19H17N3O5/c1-11(23)27-14-5-2-12(3-6-14)8-17(19(25)26)22-18(24)13-4-7-15-16(9-13)21-10-20-15/h2-7,9-10,17H,8H2,1H3,(H,20,21)(H,22,24)(H,25,26)/t17-/m0/s1. The van der Waals surface area contributed by atoms with Gasteiger partial charge in [0.2, 0.25) is 0 Å². The fourth-order valence-electron chi connectivity index (χ4n) is 2.61. The normalized spacial score (nSPS) is 11.7. The first-order chi connectivity index (χ1) is 12.9. The van der Waals surface area contributed by atoms with Gasteiger partial charge in [-0.1, -0.05) is 12.1 Å². The first-order valence-electron chi connectivity index (χ1n) is 8.16. The van der Waals surface area contributed by atoms with Crippen LogP contribution in [0.3, 0.4) is 0 Å². The Morgan fingerprint density at radius 3 is 2.59 bits per heavy atom. The van der Waals surface area contributed by atoms with Crippen molar-refractivity contribution in [1.29, 1.82) is 0 Å². The van der Waals surface area contributed by atoms with Crippen molar-refractivity contribution in [2.45, 2.75) is 19.4 Å². The third-order valence-corrected chi connectivity index (χ3v) is 3.91. The summed E-state index contributed by atoms with van der Waals surface area (Å²) in [5.41, 5.74) is 2.43. The van der Waals surface area contributed by atoms with Gasteiger partial charge in [-0.25, -0.2) is 9.78 Å². The van der Waals surface area contributed by atoms with E-state index in [1.807, 2.05) is 0 Å². The molecule has 138 valence electrons. The summed E-state index contributed by atoms with van der Waals surface area (Å²) < 4.78 is 4.94. The van der Waals surface area contributed by atoms with Crippen LogP contribution < -0.4 is 10.1 Å². The van der Waals surface area contributed by atoms with Crippen LogP contribution in [0.2, 0.25) is 0 Å². The van der Waals surface area contributed by atoms with E-state index < -0.39 is 23.9 Å². The van der Waals surface area contributed by atoms with Gasteiger partial charge in [0.05, 0.1) is 17.4 Å². The number of amides is 1. The summed E-state index contributed by atoms with van der Waals surface area (Å²) in [4.78, 5) is 41.9. The molecule has 8 nitrogen and oxygen atoms in total. The maximum Gasteiger partial charge on any atom is 0.326 e. The number of aromatic nitrogens is 2. The number of hydrogen-bond donors (Lipinski definition) is 3. The first kappa shape index (κ1) is 18.1. The highest BCUT2D eigenvalue weighted by atomic mass is 16.5. The van der Waals surface area contributed by atoms with E-state index in [0.717, 1.165) is 0 Å². The van der Waals surface area contributed by atoms with Crippen LogP contribution in [0.5, 0.6) is 5.75 Å². The number of ether oxygens (including phenoxy) is 1. The number of nitrogens with one attached hydrogen (secondary N) is 2. The zero-order chi connectivity index (χ0) is 19.4. The van der Waals surface area contributed by atoms with E-state index in [1.54, 1.807) is 42.5 Å². The van der Waals surface area contributed by atoms with Crippen molar-refractivity contribution in [3.63, 3.8) is 0 Å². The number of fused-ring (bicyclic) bond motifs is 1. The Morgan fingerprint density at radius 1 is 1.19 bits per heavy atom. The lowest BCUT2D eigenvalue weighted by Gasteiger charge is -2.15. The molecule has 3 rings (SSSR count). The molecule has 1 amide bonds. The quantitative estimate of drug-likeness (QED) is 0.452. The molecular formula is C19H17N3O5. The van der Waals surface area contributed by atoms with Gasteiger partial charge in [-0.2, -0.15) is 0 Å². The molecule has 1 atom stereocenters. The van der Waals surface area contributed by atoms with Crippen molar-refractivity contribution in [3.05, 3.63) is 59.9 Å². The summed E-state index contributed by atoms with van der Waals surface area (Å²) in [6.07, 6.45) is 1.61. The minimum atomic E-state index is -1.14. The highest BCUT2D eigenvalue weighted by molar-refractivity contribution is 5.99. The Labute approximate surface area is 154 Å². The molecule has 3 N–H and O–H groups in total. The second-order valence-corrected chi connectivity index (χ2v) is 5.94. The summed E-state index contributed by atoms with van der Waals surface area (Å²) in [6, 6.07) is 10.2. The van der Waals surface area contributed by atoms with Crippen molar-refractivity contribution < 1.29 is 24.2 Å². The minimum absolute atomic E-state index is 0.0910. The van der Waals surface area contributed by atoms with Crippen LogP contribution in [0.25, 0.3) is 11.0 Å². The highest BCUT2D eigenvalue weighted by Gasteiger charge is 2.21. The number of carboxylic acid groups (broad SMARTS) is 1. The minimum Gasteiger partial charge on any atom is -0.480 e. The fourth-order valence-corrected chi connectivity index (χ4v) is 2.61. The number of esters is 1. The number of nitrogens with zero attached hydrogens (tertiary/aromatic N) is 1. The molecular weight excluding hydrogens is 350 g/mol. The predicted molar refractivity (Wildman–Crippen MR) is 96.4 cm³/mol.